The first kappa shape index (κ1) is 20.4. The van der Waals surface area contributed by atoms with E-state index in [1.54, 1.807) is 0 Å². The summed E-state index contributed by atoms with van der Waals surface area (Å²) in [6, 6.07) is 26.3. The molecule has 0 unspecified atom stereocenters. The highest BCUT2D eigenvalue weighted by Crippen LogP contribution is 2.27. The Hall–Kier alpha value is -3.51. The summed E-state index contributed by atoms with van der Waals surface area (Å²) in [5, 5.41) is 0.897. The number of hydrogen-bond donors (Lipinski definition) is 0. The summed E-state index contributed by atoms with van der Waals surface area (Å²) in [6.45, 7) is 1.59. The molecule has 1 aromatic heterocycles. The van der Waals surface area contributed by atoms with E-state index in [2.05, 4.69) is 35.0 Å². The number of hydrogen-bond acceptors (Lipinski definition) is 4. The minimum atomic E-state index is -0.166. The minimum Gasteiger partial charge on any atom is -0.489 e. The lowest BCUT2D eigenvalue weighted by molar-refractivity contribution is -0.124. The molecule has 1 saturated heterocycles. The van der Waals surface area contributed by atoms with Gasteiger partial charge in [-0.1, -0.05) is 66.4 Å². The lowest BCUT2D eigenvalue weighted by Gasteiger charge is -2.14. The quantitative estimate of drug-likeness (QED) is 0.381. The number of aromatic nitrogens is 1. The standard InChI is InChI=1S/C26H22N2O3S/c29-25-18-32-26(30)28(25)16-21-7-4-8-24-23(21)13-14-27(24)15-19-9-11-22(12-10-19)31-17-20-5-2-1-3-6-20/h1-14H,15-18H2. The molecule has 0 radical (unpaired) electrons. The Morgan fingerprint density at radius 3 is 2.38 bits per heavy atom. The van der Waals surface area contributed by atoms with Crippen LogP contribution < -0.4 is 4.74 Å². The van der Waals surface area contributed by atoms with Crippen LogP contribution in [0.4, 0.5) is 4.79 Å². The first-order valence-corrected chi connectivity index (χ1v) is 11.5. The van der Waals surface area contributed by atoms with Crippen LogP contribution in [0.3, 0.4) is 0 Å². The Morgan fingerprint density at radius 2 is 1.62 bits per heavy atom. The molecule has 0 atom stereocenters. The first-order chi connectivity index (χ1) is 15.7. The van der Waals surface area contributed by atoms with Gasteiger partial charge >= 0.3 is 0 Å². The van der Waals surface area contributed by atoms with Gasteiger partial charge in [0.15, 0.2) is 0 Å². The van der Waals surface area contributed by atoms with Crippen LogP contribution >= 0.6 is 11.8 Å². The Labute approximate surface area is 190 Å². The lowest BCUT2D eigenvalue weighted by atomic mass is 10.1. The van der Waals surface area contributed by atoms with Crippen LogP contribution in [0.25, 0.3) is 10.9 Å². The van der Waals surface area contributed by atoms with E-state index < -0.39 is 0 Å². The Balaban J connectivity index is 1.29. The Morgan fingerprint density at radius 1 is 0.812 bits per heavy atom. The number of carbonyl (C=O) groups is 2. The van der Waals surface area contributed by atoms with Gasteiger partial charge in [0.2, 0.25) is 5.91 Å². The fourth-order valence-corrected chi connectivity index (χ4v) is 4.62. The van der Waals surface area contributed by atoms with Crippen LogP contribution in [0, 0.1) is 0 Å². The number of benzene rings is 3. The number of ether oxygens (including phenoxy) is 1. The van der Waals surface area contributed by atoms with Gasteiger partial charge in [0.25, 0.3) is 5.24 Å². The summed E-state index contributed by atoms with van der Waals surface area (Å²) in [7, 11) is 0. The van der Waals surface area contributed by atoms with Crippen LogP contribution in [-0.2, 0) is 24.5 Å². The molecule has 5 rings (SSSR count). The van der Waals surface area contributed by atoms with Crippen molar-refractivity contribution >= 4 is 33.8 Å². The topological polar surface area (TPSA) is 51.5 Å². The summed E-state index contributed by atoms with van der Waals surface area (Å²) in [6.07, 6.45) is 2.05. The third kappa shape index (κ3) is 4.27. The number of carbonyl (C=O) groups excluding carboxylic acids is 2. The van der Waals surface area contributed by atoms with Gasteiger partial charge in [-0.25, -0.2) is 0 Å². The summed E-state index contributed by atoms with van der Waals surface area (Å²) < 4.78 is 8.06. The van der Waals surface area contributed by atoms with Crippen LogP contribution in [0.5, 0.6) is 5.75 Å². The first-order valence-electron chi connectivity index (χ1n) is 10.5. The van der Waals surface area contributed by atoms with E-state index in [1.165, 1.54) is 10.5 Å². The summed E-state index contributed by atoms with van der Waals surface area (Å²) in [5.74, 6) is 0.960. The van der Waals surface area contributed by atoms with Crippen molar-refractivity contribution < 1.29 is 14.3 Å². The van der Waals surface area contributed by atoms with Gasteiger partial charge in [0.05, 0.1) is 12.3 Å². The number of amides is 2. The summed E-state index contributed by atoms with van der Waals surface area (Å²) in [5.41, 5.74) is 4.37. The van der Waals surface area contributed by atoms with E-state index in [9.17, 15) is 9.59 Å². The minimum absolute atomic E-state index is 0.119. The fourth-order valence-electron chi connectivity index (χ4n) is 3.90. The molecule has 0 saturated carbocycles. The van der Waals surface area contributed by atoms with Crippen molar-refractivity contribution in [2.24, 2.45) is 0 Å². The van der Waals surface area contributed by atoms with E-state index >= 15 is 0 Å². The van der Waals surface area contributed by atoms with Gasteiger partial charge in [-0.05, 0) is 41.0 Å². The second-order valence-corrected chi connectivity index (χ2v) is 8.67. The molecule has 32 heavy (non-hydrogen) atoms. The van der Waals surface area contributed by atoms with Crippen LogP contribution in [0.15, 0.2) is 85.1 Å². The predicted octanol–water partition coefficient (Wildman–Crippen LogP) is 5.46. The average Bonchev–Trinajstić information content (AvgIpc) is 3.38. The van der Waals surface area contributed by atoms with Crippen molar-refractivity contribution in [1.29, 1.82) is 0 Å². The predicted molar refractivity (Wildman–Crippen MR) is 127 cm³/mol. The lowest BCUT2D eigenvalue weighted by Crippen LogP contribution is -2.27. The van der Waals surface area contributed by atoms with Crippen LogP contribution in [-0.4, -0.2) is 26.4 Å². The van der Waals surface area contributed by atoms with Gasteiger partial charge in [0.1, 0.15) is 12.4 Å². The maximum absolute atomic E-state index is 12.0. The average molecular weight is 443 g/mol. The van der Waals surface area contributed by atoms with Crippen LogP contribution in [0.1, 0.15) is 16.7 Å². The van der Waals surface area contributed by atoms with E-state index in [1.807, 2.05) is 54.6 Å². The van der Waals surface area contributed by atoms with Crippen molar-refractivity contribution in [3.63, 3.8) is 0 Å². The van der Waals surface area contributed by atoms with Crippen molar-refractivity contribution in [3.8, 4) is 5.75 Å². The Kier molecular flexibility index (Phi) is 5.69. The zero-order chi connectivity index (χ0) is 21.9. The molecule has 160 valence electrons. The molecule has 1 aliphatic heterocycles. The maximum atomic E-state index is 12.0. The summed E-state index contributed by atoms with van der Waals surface area (Å²) >= 11 is 1.07. The van der Waals surface area contributed by atoms with Crippen molar-refractivity contribution in [2.45, 2.75) is 19.7 Å². The Bertz CT molecular complexity index is 1250. The van der Waals surface area contributed by atoms with Crippen LogP contribution in [0.2, 0.25) is 0 Å². The molecule has 1 fully saturated rings. The molecule has 6 heteroatoms. The molecule has 4 aromatic rings. The van der Waals surface area contributed by atoms with Crippen molar-refractivity contribution in [2.75, 3.05) is 5.75 Å². The van der Waals surface area contributed by atoms with E-state index in [0.29, 0.717) is 13.2 Å². The van der Waals surface area contributed by atoms with Gasteiger partial charge < -0.3 is 9.30 Å². The molecule has 0 N–H and O–H groups in total. The molecular weight excluding hydrogens is 420 g/mol. The highest BCUT2D eigenvalue weighted by Gasteiger charge is 2.30. The normalized spacial score (nSPS) is 13.8. The zero-order valence-corrected chi connectivity index (χ0v) is 18.3. The number of thioether (sulfide) groups is 1. The number of rotatable bonds is 7. The smallest absolute Gasteiger partial charge is 0.289 e. The molecule has 0 spiro atoms. The van der Waals surface area contributed by atoms with E-state index in [-0.39, 0.29) is 16.9 Å². The maximum Gasteiger partial charge on any atom is 0.289 e. The third-order valence-corrected chi connectivity index (χ3v) is 6.46. The monoisotopic (exact) mass is 442 g/mol. The second kappa shape index (κ2) is 8.93. The van der Waals surface area contributed by atoms with E-state index in [0.717, 1.165) is 46.1 Å². The second-order valence-electron chi connectivity index (χ2n) is 7.75. The van der Waals surface area contributed by atoms with Crippen molar-refractivity contribution in [3.05, 3.63) is 102 Å². The molecule has 0 aliphatic carbocycles. The van der Waals surface area contributed by atoms with Crippen molar-refractivity contribution in [1.82, 2.24) is 9.47 Å². The molecule has 2 amide bonds. The van der Waals surface area contributed by atoms with Gasteiger partial charge in [-0.2, -0.15) is 0 Å². The number of nitrogens with zero attached hydrogens (tertiary/aromatic N) is 2. The molecule has 3 aromatic carbocycles. The highest BCUT2D eigenvalue weighted by molar-refractivity contribution is 8.14. The zero-order valence-electron chi connectivity index (χ0n) is 17.4. The highest BCUT2D eigenvalue weighted by atomic mass is 32.2. The molecule has 0 bridgehead atoms. The molecular formula is C26H22N2O3S. The van der Waals surface area contributed by atoms with Gasteiger partial charge in [0, 0.05) is 23.6 Å². The van der Waals surface area contributed by atoms with E-state index in [4.69, 9.17) is 4.74 Å². The number of fused-ring (bicyclic) bond motifs is 1. The third-order valence-electron chi connectivity index (χ3n) is 5.60. The number of imide groups is 1. The summed E-state index contributed by atoms with van der Waals surface area (Å²) in [4.78, 5) is 25.3. The SMILES string of the molecule is O=C1CSC(=O)N1Cc1cccc2c1ccn2Cc1ccc(OCc2ccccc2)cc1. The molecule has 1 aliphatic rings. The molecule has 5 nitrogen and oxygen atoms in total. The largest absolute Gasteiger partial charge is 0.489 e. The van der Waals surface area contributed by atoms with Gasteiger partial charge in [-0.3, -0.25) is 14.5 Å². The molecule has 2 heterocycles. The van der Waals surface area contributed by atoms with Gasteiger partial charge in [-0.15, -0.1) is 0 Å². The fraction of sp³-hybridized carbons (Fsp3) is 0.154.